The number of aryl methyl sites for hydroxylation is 1. The molecule has 126 valence electrons. The molecule has 1 aromatic heterocycles. The lowest BCUT2D eigenvalue weighted by molar-refractivity contribution is 0.267. The van der Waals surface area contributed by atoms with Gasteiger partial charge in [-0.3, -0.25) is 4.68 Å². The number of aliphatic hydroxyl groups is 1. The first-order valence-electron chi connectivity index (χ1n) is 7.95. The van der Waals surface area contributed by atoms with Gasteiger partial charge in [0.05, 0.1) is 18.8 Å². The smallest absolute Gasteiger partial charge is 0.0644 e. The minimum absolute atomic E-state index is 0.0213. The van der Waals surface area contributed by atoms with Crippen molar-refractivity contribution in [2.24, 2.45) is 0 Å². The molecular formula is C18H26ClN3O. The van der Waals surface area contributed by atoms with Crippen LogP contribution in [0.5, 0.6) is 0 Å². The molecule has 2 aromatic rings. The Kier molecular flexibility index (Phi) is 5.84. The highest BCUT2D eigenvalue weighted by atomic mass is 35.5. The van der Waals surface area contributed by atoms with E-state index in [4.69, 9.17) is 16.7 Å². The lowest BCUT2D eigenvalue weighted by atomic mass is 9.84. The van der Waals surface area contributed by atoms with E-state index in [0.29, 0.717) is 6.54 Å². The maximum absolute atomic E-state index is 9.09. The van der Waals surface area contributed by atoms with E-state index in [1.807, 2.05) is 23.7 Å². The van der Waals surface area contributed by atoms with Gasteiger partial charge in [0.2, 0.25) is 0 Å². The number of nitrogens with zero attached hydrogens (tertiary/aromatic N) is 2. The lowest BCUT2D eigenvalue weighted by Crippen LogP contribution is -2.32. The Balaban J connectivity index is 2.00. The van der Waals surface area contributed by atoms with E-state index in [-0.39, 0.29) is 12.0 Å². The van der Waals surface area contributed by atoms with Crippen LogP contribution in [0.1, 0.15) is 36.4 Å². The Morgan fingerprint density at radius 3 is 2.48 bits per heavy atom. The summed E-state index contributed by atoms with van der Waals surface area (Å²) in [7, 11) is 0. The number of aromatic nitrogens is 2. The van der Waals surface area contributed by atoms with Crippen LogP contribution in [0, 0.1) is 13.8 Å². The van der Waals surface area contributed by atoms with Gasteiger partial charge in [-0.25, -0.2) is 0 Å². The second-order valence-corrected chi connectivity index (χ2v) is 7.03. The minimum Gasteiger partial charge on any atom is -0.394 e. The van der Waals surface area contributed by atoms with E-state index >= 15 is 0 Å². The van der Waals surface area contributed by atoms with Crippen molar-refractivity contribution in [1.29, 1.82) is 0 Å². The highest BCUT2D eigenvalue weighted by molar-refractivity contribution is 6.30. The largest absolute Gasteiger partial charge is 0.394 e. The molecule has 0 aliphatic heterocycles. The molecule has 0 saturated heterocycles. The zero-order valence-electron chi connectivity index (χ0n) is 14.4. The number of aliphatic hydroxyl groups excluding tert-OH is 1. The summed E-state index contributed by atoms with van der Waals surface area (Å²) in [5.74, 6) is 0. The number of nitrogens with one attached hydrogen (secondary N) is 1. The number of benzene rings is 1. The van der Waals surface area contributed by atoms with Crippen molar-refractivity contribution in [1.82, 2.24) is 15.1 Å². The van der Waals surface area contributed by atoms with Crippen LogP contribution in [-0.2, 0) is 18.5 Å². The third kappa shape index (κ3) is 4.34. The third-order valence-electron chi connectivity index (χ3n) is 4.34. The molecule has 2 rings (SSSR count). The van der Waals surface area contributed by atoms with Crippen molar-refractivity contribution < 1.29 is 5.11 Å². The normalized spacial score (nSPS) is 11.9. The summed E-state index contributed by atoms with van der Waals surface area (Å²) in [6.45, 7) is 10.8. The molecule has 0 bridgehead atoms. The molecule has 23 heavy (non-hydrogen) atoms. The summed E-state index contributed by atoms with van der Waals surface area (Å²) in [5.41, 5.74) is 4.64. The predicted octanol–water partition coefficient (Wildman–Crippen LogP) is 3.21. The summed E-state index contributed by atoms with van der Waals surface area (Å²) in [6.07, 6.45) is 0. The van der Waals surface area contributed by atoms with E-state index in [0.717, 1.165) is 29.5 Å². The van der Waals surface area contributed by atoms with Crippen LogP contribution >= 0.6 is 11.6 Å². The molecule has 0 spiro atoms. The highest BCUT2D eigenvalue weighted by Crippen LogP contribution is 2.24. The Morgan fingerprint density at radius 1 is 1.22 bits per heavy atom. The number of hydrogen-bond acceptors (Lipinski definition) is 3. The van der Waals surface area contributed by atoms with E-state index in [1.165, 1.54) is 11.1 Å². The number of rotatable bonds is 7. The van der Waals surface area contributed by atoms with Crippen LogP contribution in [0.2, 0.25) is 5.02 Å². The zero-order chi connectivity index (χ0) is 17.0. The quantitative estimate of drug-likeness (QED) is 0.817. The Bertz CT molecular complexity index is 647. The van der Waals surface area contributed by atoms with E-state index in [2.05, 4.69) is 43.3 Å². The third-order valence-corrected chi connectivity index (χ3v) is 4.59. The molecule has 1 aromatic carbocycles. The molecule has 0 saturated carbocycles. The Morgan fingerprint density at radius 2 is 1.87 bits per heavy atom. The first-order valence-corrected chi connectivity index (χ1v) is 8.33. The van der Waals surface area contributed by atoms with Gasteiger partial charge in [-0.05, 0) is 31.5 Å². The van der Waals surface area contributed by atoms with Crippen molar-refractivity contribution in [3.63, 3.8) is 0 Å². The number of hydrogen-bond donors (Lipinski definition) is 2. The van der Waals surface area contributed by atoms with Crippen LogP contribution in [0.4, 0.5) is 0 Å². The second-order valence-electron chi connectivity index (χ2n) is 6.59. The van der Waals surface area contributed by atoms with Gasteiger partial charge in [-0.15, -0.1) is 0 Å². The maximum Gasteiger partial charge on any atom is 0.0644 e. The van der Waals surface area contributed by atoms with Gasteiger partial charge in [0.25, 0.3) is 0 Å². The summed E-state index contributed by atoms with van der Waals surface area (Å²) in [5, 5.41) is 17.9. The van der Waals surface area contributed by atoms with Crippen molar-refractivity contribution in [2.75, 3.05) is 13.2 Å². The summed E-state index contributed by atoms with van der Waals surface area (Å²) in [4.78, 5) is 0. The molecule has 0 fully saturated rings. The topological polar surface area (TPSA) is 50.1 Å². The van der Waals surface area contributed by atoms with E-state index in [9.17, 15) is 0 Å². The summed E-state index contributed by atoms with van der Waals surface area (Å²) < 4.78 is 1.87. The fraction of sp³-hybridized carbons (Fsp3) is 0.500. The fourth-order valence-electron chi connectivity index (χ4n) is 2.81. The monoisotopic (exact) mass is 335 g/mol. The lowest BCUT2D eigenvalue weighted by Gasteiger charge is -2.26. The van der Waals surface area contributed by atoms with Gasteiger partial charge in [0.15, 0.2) is 0 Å². The molecule has 0 unspecified atom stereocenters. The van der Waals surface area contributed by atoms with Gasteiger partial charge in [0, 0.05) is 34.8 Å². The molecule has 0 atom stereocenters. The SMILES string of the molecule is Cc1nn(CCO)c(C)c1CNCC(C)(C)c1ccc(Cl)cc1. The van der Waals surface area contributed by atoms with Crippen LogP contribution in [-0.4, -0.2) is 28.0 Å². The highest BCUT2D eigenvalue weighted by Gasteiger charge is 2.20. The second kappa shape index (κ2) is 7.47. The molecule has 0 radical (unpaired) electrons. The first-order chi connectivity index (χ1) is 10.8. The van der Waals surface area contributed by atoms with Gasteiger partial charge in [-0.1, -0.05) is 37.6 Å². The summed E-state index contributed by atoms with van der Waals surface area (Å²) in [6, 6.07) is 8.04. The molecular weight excluding hydrogens is 310 g/mol. The van der Waals surface area contributed by atoms with Gasteiger partial charge < -0.3 is 10.4 Å². The van der Waals surface area contributed by atoms with Crippen molar-refractivity contribution in [3.8, 4) is 0 Å². The van der Waals surface area contributed by atoms with Gasteiger partial charge >= 0.3 is 0 Å². The number of halogens is 1. The predicted molar refractivity (Wildman–Crippen MR) is 95.0 cm³/mol. The van der Waals surface area contributed by atoms with E-state index < -0.39 is 0 Å². The molecule has 0 aliphatic carbocycles. The Labute approximate surface area is 143 Å². The molecule has 5 heteroatoms. The molecule has 0 amide bonds. The average Bonchev–Trinajstić information content (AvgIpc) is 2.75. The zero-order valence-corrected chi connectivity index (χ0v) is 15.1. The fourth-order valence-corrected chi connectivity index (χ4v) is 2.93. The molecule has 2 N–H and O–H groups in total. The van der Waals surface area contributed by atoms with Crippen LogP contribution < -0.4 is 5.32 Å². The molecule has 0 aliphatic rings. The maximum atomic E-state index is 9.09. The average molecular weight is 336 g/mol. The first kappa shape index (κ1) is 18.0. The van der Waals surface area contributed by atoms with Gasteiger partial charge in [-0.2, -0.15) is 5.10 Å². The Hall–Kier alpha value is -1.36. The van der Waals surface area contributed by atoms with Crippen LogP contribution in [0.25, 0.3) is 0 Å². The van der Waals surface area contributed by atoms with Crippen LogP contribution in [0.3, 0.4) is 0 Å². The van der Waals surface area contributed by atoms with Crippen LogP contribution in [0.15, 0.2) is 24.3 Å². The molecule has 4 nitrogen and oxygen atoms in total. The van der Waals surface area contributed by atoms with Gasteiger partial charge in [0.1, 0.15) is 0 Å². The molecule has 1 heterocycles. The summed E-state index contributed by atoms with van der Waals surface area (Å²) >= 11 is 5.97. The standard InChI is InChI=1S/C18H26ClN3O/c1-13-17(14(2)22(21-13)9-10-23)11-20-12-18(3,4)15-5-7-16(19)8-6-15/h5-8,20,23H,9-12H2,1-4H3. The van der Waals surface area contributed by atoms with Crippen molar-refractivity contribution in [3.05, 3.63) is 51.8 Å². The van der Waals surface area contributed by atoms with Crippen molar-refractivity contribution in [2.45, 2.75) is 46.2 Å². The van der Waals surface area contributed by atoms with E-state index in [1.54, 1.807) is 0 Å². The van der Waals surface area contributed by atoms with Crippen molar-refractivity contribution >= 4 is 11.6 Å². The minimum atomic E-state index is 0.0213.